The number of nitrogens with zero attached hydrogens (tertiary/aromatic N) is 5. The number of morpholine rings is 1. The first-order valence-electron chi connectivity index (χ1n) is 27.0. The summed E-state index contributed by atoms with van der Waals surface area (Å²) in [6.45, 7) is 15.7. The number of benzene rings is 3. The summed E-state index contributed by atoms with van der Waals surface area (Å²) < 4.78 is 32.9. The molecule has 3 aromatic carbocycles. The average Bonchev–Trinajstić information content (AvgIpc) is 4.05. The van der Waals surface area contributed by atoms with Crippen molar-refractivity contribution in [3.8, 4) is 33.9 Å². The van der Waals surface area contributed by atoms with Crippen LogP contribution >= 0.6 is 0 Å². The number of fused-ring (bicyclic) bond motifs is 6. The number of phenolic OH excluding ortho intramolecular Hbond substituents is 1. The minimum atomic E-state index is -1.21. The Bertz CT molecular complexity index is 2990. The summed E-state index contributed by atoms with van der Waals surface area (Å²) in [5, 5.41) is 16.8. The van der Waals surface area contributed by atoms with Gasteiger partial charge >= 0.3 is 5.97 Å². The van der Waals surface area contributed by atoms with E-state index in [1.807, 2.05) is 69.3 Å². The molecule has 9 rings (SSSR count). The molecule has 0 spiro atoms. The number of ether oxygens (including phenoxy) is 5. The quantitative estimate of drug-likeness (QED) is 0.0810. The lowest BCUT2D eigenvalue weighted by atomic mass is 9.84. The molecule has 410 valence electrons. The van der Waals surface area contributed by atoms with Crippen LogP contribution in [0.1, 0.15) is 82.4 Å². The molecule has 2 fully saturated rings. The van der Waals surface area contributed by atoms with E-state index < -0.39 is 47.4 Å². The highest BCUT2D eigenvalue weighted by molar-refractivity contribution is 5.96. The summed E-state index contributed by atoms with van der Waals surface area (Å²) in [6, 6.07) is 20.0. The van der Waals surface area contributed by atoms with Gasteiger partial charge < -0.3 is 48.5 Å². The van der Waals surface area contributed by atoms with E-state index >= 15 is 0 Å². The highest BCUT2D eigenvalue weighted by Gasteiger charge is 2.42. The van der Waals surface area contributed by atoms with Gasteiger partial charge in [-0.15, -0.1) is 0 Å². The Morgan fingerprint density at radius 1 is 1.01 bits per heavy atom. The van der Waals surface area contributed by atoms with Crippen LogP contribution in [0.4, 0.5) is 0 Å². The fourth-order valence-corrected chi connectivity index (χ4v) is 11.5. The Hall–Kier alpha value is -6.63. The maximum atomic E-state index is 14.9. The van der Waals surface area contributed by atoms with E-state index in [0.29, 0.717) is 56.1 Å². The van der Waals surface area contributed by atoms with Crippen molar-refractivity contribution in [3.05, 3.63) is 114 Å². The standard InChI is InChI=1S/C60H75N7O10/c1-10-66-51-19-18-40-29-46(51)48(54(66)47-30-43(32-61-52(47)37(4)73-9)76-34-44-33-64(7)22-24-74-44)31-60(5,6)35-77-59(72)49-17-14-21-67(63-49)57(70)50(27-38-25-41(40)28-42(68)26-38)62-56(69)53(36(2)3)65(8)58(71)55-45(20-23-75-55)39-15-12-11-13-16-39/h11-19,25-26,28-30,32,36-37,44-45,49-50,53,55,63,68H,10,20-24,27,31,33-35H2,1-9H3,(H,62,69)/t37?,44?,45?,49?,50-,53?,55?/m0/s1. The molecule has 6 unspecified atom stereocenters. The molecule has 17 heteroatoms. The van der Waals surface area contributed by atoms with Crippen LogP contribution in [0.5, 0.6) is 11.5 Å². The normalized spacial score (nSPS) is 22.8. The minimum Gasteiger partial charge on any atom is -0.508 e. The van der Waals surface area contributed by atoms with Gasteiger partial charge in [0, 0.05) is 74.6 Å². The van der Waals surface area contributed by atoms with Crippen LogP contribution in [0.3, 0.4) is 0 Å². The van der Waals surface area contributed by atoms with Crippen molar-refractivity contribution in [3.63, 3.8) is 0 Å². The lowest BCUT2D eigenvalue weighted by Crippen LogP contribution is -2.61. The molecule has 6 heterocycles. The second-order valence-corrected chi connectivity index (χ2v) is 22.2. The van der Waals surface area contributed by atoms with Gasteiger partial charge in [0.1, 0.15) is 48.4 Å². The molecular formula is C60H75N7O10. The van der Waals surface area contributed by atoms with Crippen LogP contribution in [-0.2, 0) is 57.5 Å². The third-order valence-electron chi connectivity index (χ3n) is 15.4. The average molecular weight is 1050 g/mol. The maximum Gasteiger partial charge on any atom is 0.328 e. The van der Waals surface area contributed by atoms with Crippen molar-refractivity contribution >= 4 is 34.6 Å². The predicted octanol–water partition coefficient (Wildman–Crippen LogP) is 6.99. The highest BCUT2D eigenvalue weighted by Crippen LogP contribution is 2.43. The van der Waals surface area contributed by atoms with E-state index in [1.54, 1.807) is 44.6 Å². The summed E-state index contributed by atoms with van der Waals surface area (Å²) in [4.78, 5) is 66.8. The largest absolute Gasteiger partial charge is 0.508 e. The summed E-state index contributed by atoms with van der Waals surface area (Å²) in [7, 11) is 5.35. The van der Waals surface area contributed by atoms with Crippen LogP contribution in [0.25, 0.3) is 33.3 Å². The number of amides is 3. The topological polar surface area (TPSA) is 186 Å². The number of methoxy groups -OCH3 is 1. The number of phenols is 1. The fourth-order valence-electron chi connectivity index (χ4n) is 11.5. The molecule has 17 nitrogen and oxygen atoms in total. The minimum absolute atomic E-state index is 0.0270. The first kappa shape index (κ1) is 55.1. The van der Waals surface area contributed by atoms with Gasteiger partial charge in [-0.2, -0.15) is 0 Å². The van der Waals surface area contributed by atoms with Gasteiger partial charge in [0.05, 0.1) is 43.4 Å². The summed E-state index contributed by atoms with van der Waals surface area (Å²) in [5.41, 5.74) is 9.97. The number of pyridine rings is 1. The Labute approximate surface area is 451 Å². The number of carbonyl (C=O) groups excluding carboxylic acids is 4. The zero-order valence-electron chi connectivity index (χ0n) is 45.9. The third-order valence-corrected chi connectivity index (χ3v) is 15.4. The van der Waals surface area contributed by atoms with Gasteiger partial charge in [-0.3, -0.25) is 24.4 Å². The van der Waals surface area contributed by atoms with Crippen molar-refractivity contribution in [2.24, 2.45) is 11.3 Å². The van der Waals surface area contributed by atoms with Gasteiger partial charge in [0.25, 0.3) is 11.8 Å². The molecular weight excluding hydrogens is 979 g/mol. The Kier molecular flexibility index (Phi) is 16.9. The van der Waals surface area contributed by atoms with Crippen LogP contribution < -0.4 is 15.5 Å². The van der Waals surface area contributed by atoms with Crippen LogP contribution in [-0.4, -0.2) is 151 Å². The van der Waals surface area contributed by atoms with E-state index in [0.717, 1.165) is 57.6 Å². The number of esters is 1. The molecule has 4 aliphatic rings. The third kappa shape index (κ3) is 12.1. The number of cyclic esters (lactones) is 1. The first-order chi connectivity index (χ1) is 36.9. The van der Waals surface area contributed by atoms with Gasteiger partial charge in [-0.05, 0) is 97.8 Å². The number of nitrogens with one attached hydrogen (secondary N) is 2. The van der Waals surface area contributed by atoms with Gasteiger partial charge in [0.15, 0.2) is 0 Å². The SMILES string of the molecule is CCn1c(-c2cc(OCC3CN(C)CCO3)cnc2C(C)OC)c2c3cc(ccc31)-c1cc(O)cc(c1)C[C@H](NC(=O)C(C(C)C)N(C)C(=O)C1OCCC1c1ccccc1)C(=O)N1CC=CC(N1)C(=O)OCC(C)(C)C2. The van der Waals surface area contributed by atoms with Crippen molar-refractivity contribution in [1.82, 2.24) is 35.1 Å². The molecule has 3 N–H and O–H groups in total. The Balaban J connectivity index is 1.11. The summed E-state index contributed by atoms with van der Waals surface area (Å²) in [6.07, 6.45) is 4.96. The molecule has 6 bridgehead atoms. The van der Waals surface area contributed by atoms with E-state index in [4.69, 9.17) is 28.7 Å². The molecule has 77 heavy (non-hydrogen) atoms. The van der Waals surface area contributed by atoms with Crippen LogP contribution in [0.2, 0.25) is 0 Å². The molecule has 4 aliphatic heterocycles. The van der Waals surface area contributed by atoms with Crippen molar-refractivity contribution < 1.29 is 48.0 Å². The highest BCUT2D eigenvalue weighted by atomic mass is 16.5. The number of likely N-dealkylation sites (N-methyl/N-ethyl adjacent to an activating group) is 2. The molecule has 0 saturated carbocycles. The molecule has 0 radical (unpaired) electrons. The monoisotopic (exact) mass is 1050 g/mol. The van der Waals surface area contributed by atoms with E-state index in [-0.39, 0.29) is 55.3 Å². The van der Waals surface area contributed by atoms with Gasteiger partial charge in [0.2, 0.25) is 5.91 Å². The molecule has 5 aromatic rings. The number of aromatic hydroxyl groups is 1. The van der Waals surface area contributed by atoms with Crippen molar-refractivity contribution in [2.75, 3.05) is 67.3 Å². The molecule has 2 saturated heterocycles. The molecule has 2 aromatic heterocycles. The second kappa shape index (κ2) is 23.5. The zero-order valence-corrected chi connectivity index (χ0v) is 45.9. The molecule has 3 amide bonds. The van der Waals surface area contributed by atoms with Crippen molar-refractivity contribution in [1.29, 1.82) is 0 Å². The maximum absolute atomic E-state index is 14.9. The molecule has 7 atom stereocenters. The Morgan fingerprint density at radius 3 is 2.55 bits per heavy atom. The van der Waals surface area contributed by atoms with Gasteiger partial charge in [-0.25, -0.2) is 10.2 Å². The number of hydrogen-bond acceptors (Lipinski definition) is 13. The lowest BCUT2D eigenvalue weighted by molar-refractivity contribution is -0.152. The Morgan fingerprint density at radius 2 is 1.81 bits per heavy atom. The number of carbonyl (C=O) groups is 4. The summed E-state index contributed by atoms with van der Waals surface area (Å²) >= 11 is 0. The number of rotatable bonds is 13. The summed E-state index contributed by atoms with van der Waals surface area (Å²) in [5.74, 6) is -1.94. The molecule has 0 aliphatic carbocycles. The second-order valence-electron chi connectivity index (χ2n) is 22.2. The van der Waals surface area contributed by atoms with E-state index in [9.17, 15) is 24.3 Å². The van der Waals surface area contributed by atoms with Crippen LogP contribution in [0.15, 0.2) is 91.1 Å². The smallest absolute Gasteiger partial charge is 0.328 e. The van der Waals surface area contributed by atoms with E-state index in [2.05, 4.69) is 60.2 Å². The number of aryl methyl sites for hydroxylation is 1. The van der Waals surface area contributed by atoms with Gasteiger partial charge in [-0.1, -0.05) is 82.3 Å². The number of aromatic nitrogens is 2. The van der Waals surface area contributed by atoms with Crippen molar-refractivity contribution in [2.45, 2.75) is 110 Å². The predicted molar refractivity (Wildman–Crippen MR) is 293 cm³/mol. The zero-order chi connectivity index (χ0) is 54.7. The fraction of sp³-hybridized carbons (Fsp3) is 0.483. The van der Waals surface area contributed by atoms with E-state index in [1.165, 1.54) is 9.91 Å². The van der Waals surface area contributed by atoms with Crippen LogP contribution in [0, 0.1) is 11.3 Å². The first-order valence-corrected chi connectivity index (χ1v) is 27.0. The lowest BCUT2D eigenvalue weighted by Gasteiger charge is -2.36. The number of hydrogen-bond donors (Lipinski definition) is 3. The number of hydrazine groups is 1.